The number of aromatic nitrogens is 1. The summed E-state index contributed by atoms with van der Waals surface area (Å²) in [7, 11) is 1.58. The van der Waals surface area contributed by atoms with Crippen LogP contribution in [0.15, 0.2) is 48.7 Å². The highest BCUT2D eigenvalue weighted by Gasteiger charge is 2.14. The van der Waals surface area contributed by atoms with Crippen LogP contribution >= 0.6 is 0 Å². The van der Waals surface area contributed by atoms with Crippen molar-refractivity contribution in [3.05, 3.63) is 54.4 Å². The number of nitrogens with one attached hydrogen (secondary N) is 1. The van der Waals surface area contributed by atoms with E-state index in [9.17, 15) is 9.59 Å². The zero-order valence-corrected chi connectivity index (χ0v) is 13.2. The molecule has 0 spiro atoms. The highest BCUT2D eigenvalue weighted by Crippen LogP contribution is 2.15. The summed E-state index contributed by atoms with van der Waals surface area (Å²) in [4.78, 5) is 29.5. The predicted molar refractivity (Wildman–Crippen MR) is 87.0 cm³/mol. The van der Waals surface area contributed by atoms with Crippen molar-refractivity contribution in [3.63, 3.8) is 0 Å². The molecular formula is C17H19N3O3. The van der Waals surface area contributed by atoms with E-state index in [0.29, 0.717) is 18.0 Å². The number of rotatable bonds is 6. The maximum Gasteiger partial charge on any atom is 0.244 e. The fourth-order valence-electron chi connectivity index (χ4n) is 2.01. The van der Waals surface area contributed by atoms with Gasteiger partial charge in [0.05, 0.1) is 19.3 Å². The van der Waals surface area contributed by atoms with Gasteiger partial charge in [0.1, 0.15) is 12.3 Å². The van der Waals surface area contributed by atoms with Crippen LogP contribution in [0.3, 0.4) is 0 Å². The molecule has 0 fully saturated rings. The largest absolute Gasteiger partial charge is 0.497 e. The van der Waals surface area contributed by atoms with E-state index in [1.165, 1.54) is 11.8 Å². The van der Waals surface area contributed by atoms with Crippen LogP contribution in [0.5, 0.6) is 5.75 Å². The number of amides is 2. The maximum absolute atomic E-state index is 12.1. The van der Waals surface area contributed by atoms with E-state index in [4.69, 9.17) is 4.74 Å². The Kier molecular flexibility index (Phi) is 5.68. The molecule has 0 atom stereocenters. The summed E-state index contributed by atoms with van der Waals surface area (Å²) in [6.07, 6.45) is 1.66. The molecule has 0 radical (unpaired) electrons. The Morgan fingerprint density at radius 1 is 1.17 bits per heavy atom. The lowest BCUT2D eigenvalue weighted by molar-refractivity contribution is -0.133. The molecule has 2 aromatic rings. The van der Waals surface area contributed by atoms with E-state index in [1.54, 1.807) is 43.6 Å². The van der Waals surface area contributed by atoms with Gasteiger partial charge in [0.25, 0.3) is 0 Å². The molecule has 120 valence electrons. The molecule has 0 aliphatic heterocycles. The minimum Gasteiger partial charge on any atom is -0.497 e. The van der Waals surface area contributed by atoms with Gasteiger partial charge in [-0.15, -0.1) is 0 Å². The van der Waals surface area contributed by atoms with Crippen LogP contribution in [0.1, 0.15) is 12.6 Å². The molecular weight excluding hydrogens is 294 g/mol. The lowest BCUT2D eigenvalue weighted by Gasteiger charge is -2.20. The Labute approximate surface area is 135 Å². The molecule has 1 heterocycles. The number of benzene rings is 1. The van der Waals surface area contributed by atoms with E-state index in [-0.39, 0.29) is 18.4 Å². The van der Waals surface area contributed by atoms with Crippen LogP contribution in [-0.4, -0.2) is 35.4 Å². The third-order valence-corrected chi connectivity index (χ3v) is 3.23. The summed E-state index contributed by atoms with van der Waals surface area (Å²) in [6.45, 7) is 1.70. The van der Waals surface area contributed by atoms with Gasteiger partial charge in [-0.2, -0.15) is 0 Å². The van der Waals surface area contributed by atoms with Crippen LogP contribution in [0.25, 0.3) is 0 Å². The smallest absolute Gasteiger partial charge is 0.244 e. The minimum absolute atomic E-state index is 0.0298. The van der Waals surface area contributed by atoms with Crippen molar-refractivity contribution in [1.29, 1.82) is 0 Å². The first-order valence-corrected chi connectivity index (χ1v) is 7.18. The number of carbonyl (C=O) groups is 2. The Balaban J connectivity index is 1.96. The van der Waals surface area contributed by atoms with Crippen molar-refractivity contribution in [3.8, 4) is 5.75 Å². The molecule has 6 nitrogen and oxygen atoms in total. The van der Waals surface area contributed by atoms with Gasteiger partial charge in [-0.25, -0.2) is 0 Å². The quantitative estimate of drug-likeness (QED) is 0.886. The topological polar surface area (TPSA) is 71.5 Å². The van der Waals surface area contributed by atoms with Gasteiger partial charge < -0.3 is 15.0 Å². The molecule has 6 heteroatoms. The average Bonchev–Trinajstić information content (AvgIpc) is 2.56. The van der Waals surface area contributed by atoms with Gasteiger partial charge in [-0.3, -0.25) is 14.6 Å². The van der Waals surface area contributed by atoms with Crippen molar-refractivity contribution in [2.75, 3.05) is 19.0 Å². The molecule has 1 aromatic carbocycles. The molecule has 23 heavy (non-hydrogen) atoms. The number of hydrogen-bond acceptors (Lipinski definition) is 4. The zero-order chi connectivity index (χ0) is 16.7. The third-order valence-electron chi connectivity index (χ3n) is 3.23. The summed E-state index contributed by atoms with van der Waals surface area (Å²) in [6, 6.07) is 12.5. The second kappa shape index (κ2) is 7.93. The number of methoxy groups -OCH3 is 1. The van der Waals surface area contributed by atoms with Gasteiger partial charge in [-0.05, 0) is 36.4 Å². The van der Waals surface area contributed by atoms with Gasteiger partial charge in [-0.1, -0.05) is 6.07 Å². The van der Waals surface area contributed by atoms with Crippen molar-refractivity contribution >= 4 is 17.5 Å². The predicted octanol–water partition coefficient (Wildman–Crippen LogP) is 2.08. The molecule has 1 aromatic heterocycles. The number of pyridine rings is 1. The molecule has 2 rings (SSSR count). The monoisotopic (exact) mass is 313 g/mol. The van der Waals surface area contributed by atoms with Crippen LogP contribution in [0, 0.1) is 0 Å². The molecule has 0 bridgehead atoms. The summed E-state index contributed by atoms with van der Waals surface area (Å²) < 4.78 is 5.06. The van der Waals surface area contributed by atoms with Crippen LogP contribution < -0.4 is 10.1 Å². The van der Waals surface area contributed by atoms with Crippen molar-refractivity contribution < 1.29 is 14.3 Å². The molecule has 0 saturated carbocycles. The first kappa shape index (κ1) is 16.5. The van der Waals surface area contributed by atoms with E-state index >= 15 is 0 Å². The van der Waals surface area contributed by atoms with Crippen molar-refractivity contribution in [2.24, 2.45) is 0 Å². The van der Waals surface area contributed by atoms with Gasteiger partial charge in [0.15, 0.2) is 0 Å². The second-order valence-electron chi connectivity index (χ2n) is 4.97. The van der Waals surface area contributed by atoms with E-state index in [2.05, 4.69) is 10.3 Å². The first-order chi connectivity index (χ1) is 11.1. The highest BCUT2D eigenvalue weighted by molar-refractivity contribution is 5.94. The Bertz CT molecular complexity index is 657. The van der Waals surface area contributed by atoms with Gasteiger partial charge in [0, 0.05) is 18.8 Å². The zero-order valence-electron chi connectivity index (χ0n) is 13.2. The molecule has 0 unspecified atom stereocenters. The normalized spacial score (nSPS) is 10.0. The summed E-state index contributed by atoms with van der Waals surface area (Å²) in [5, 5.41) is 2.76. The number of ether oxygens (including phenoxy) is 1. The van der Waals surface area contributed by atoms with Crippen LogP contribution in [0.4, 0.5) is 5.69 Å². The van der Waals surface area contributed by atoms with Crippen molar-refractivity contribution in [2.45, 2.75) is 13.5 Å². The van der Waals surface area contributed by atoms with E-state index in [0.717, 1.165) is 5.69 Å². The van der Waals surface area contributed by atoms with E-state index < -0.39 is 0 Å². The fourth-order valence-corrected chi connectivity index (χ4v) is 2.01. The van der Waals surface area contributed by atoms with E-state index in [1.807, 2.05) is 12.1 Å². The lowest BCUT2D eigenvalue weighted by atomic mass is 10.3. The van der Waals surface area contributed by atoms with Crippen LogP contribution in [0.2, 0.25) is 0 Å². The number of nitrogens with zero attached hydrogens (tertiary/aromatic N) is 2. The Hall–Kier alpha value is -2.89. The fraction of sp³-hybridized carbons (Fsp3) is 0.235. The molecule has 1 N–H and O–H groups in total. The number of hydrogen-bond donors (Lipinski definition) is 1. The van der Waals surface area contributed by atoms with Crippen molar-refractivity contribution in [1.82, 2.24) is 9.88 Å². The average molecular weight is 313 g/mol. The van der Waals surface area contributed by atoms with Gasteiger partial charge >= 0.3 is 0 Å². The number of carbonyl (C=O) groups excluding carboxylic acids is 2. The molecule has 2 amide bonds. The van der Waals surface area contributed by atoms with Crippen LogP contribution in [-0.2, 0) is 16.1 Å². The third kappa shape index (κ3) is 5.10. The summed E-state index contributed by atoms with van der Waals surface area (Å²) in [5.74, 6) is 0.269. The maximum atomic E-state index is 12.1. The Morgan fingerprint density at radius 2 is 1.91 bits per heavy atom. The molecule has 0 saturated heterocycles. The minimum atomic E-state index is -0.263. The molecule has 0 aliphatic rings. The number of anilines is 1. The molecule has 0 aliphatic carbocycles. The lowest BCUT2D eigenvalue weighted by Crippen LogP contribution is -2.36. The standard InChI is InChI=1S/C17H19N3O3/c1-13(21)20(11-15-5-3-4-10-18-15)12-17(22)19-14-6-8-16(23-2)9-7-14/h3-10H,11-12H2,1-2H3,(H,19,22). The first-order valence-electron chi connectivity index (χ1n) is 7.18. The SMILES string of the molecule is COc1ccc(NC(=O)CN(Cc2ccccn2)C(C)=O)cc1. The van der Waals surface area contributed by atoms with Gasteiger partial charge in [0.2, 0.25) is 11.8 Å². The highest BCUT2D eigenvalue weighted by atomic mass is 16.5. The second-order valence-corrected chi connectivity index (χ2v) is 4.97. The Morgan fingerprint density at radius 3 is 2.48 bits per heavy atom. The summed E-state index contributed by atoms with van der Waals surface area (Å²) in [5.41, 5.74) is 1.39. The summed E-state index contributed by atoms with van der Waals surface area (Å²) >= 11 is 0.